The van der Waals surface area contributed by atoms with Crippen LogP contribution in [0, 0.1) is 0 Å². The van der Waals surface area contributed by atoms with Gasteiger partial charge in [0.05, 0.1) is 12.0 Å². The number of nitrogens with two attached hydrogens (primary N) is 1. The second-order valence-electron chi connectivity index (χ2n) is 4.17. The van der Waals surface area contributed by atoms with Crippen LogP contribution in [0.5, 0.6) is 0 Å². The molecule has 8 nitrogen and oxygen atoms in total. The van der Waals surface area contributed by atoms with Crippen LogP contribution in [0.1, 0.15) is 5.69 Å². The third-order valence-electron chi connectivity index (χ3n) is 2.61. The highest BCUT2D eigenvalue weighted by Crippen LogP contribution is 2.14. The van der Waals surface area contributed by atoms with Gasteiger partial charge in [-0.05, 0) is 6.07 Å². The fourth-order valence-corrected chi connectivity index (χ4v) is 3.00. The van der Waals surface area contributed by atoms with Gasteiger partial charge in [-0.25, -0.2) is 18.1 Å². The molecule has 2 aromatic rings. The molecule has 0 bridgehead atoms. The number of imidazole rings is 1. The van der Waals surface area contributed by atoms with E-state index in [1.165, 1.54) is 10.9 Å². The lowest BCUT2D eigenvalue weighted by Crippen LogP contribution is -2.28. The van der Waals surface area contributed by atoms with E-state index in [0.717, 1.165) is 5.69 Å². The Morgan fingerprint density at radius 2 is 2.16 bits per heavy atom. The molecule has 3 N–H and O–H groups in total. The molecule has 2 heterocycles. The fraction of sp³-hybridized carbons (Fsp3) is 0.400. The molecule has 0 aliphatic carbocycles. The van der Waals surface area contributed by atoms with Crippen molar-refractivity contribution in [2.75, 3.05) is 12.3 Å². The molecule has 0 aliphatic rings. The highest BCUT2D eigenvalue weighted by atomic mass is 32.2. The molecule has 9 heteroatoms. The molecule has 0 saturated heterocycles. The maximum atomic E-state index is 12.1. The number of aromatic nitrogens is 4. The first kappa shape index (κ1) is 13.6. The zero-order valence-corrected chi connectivity index (χ0v) is 11.6. The van der Waals surface area contributed by atoms with E-state index < -0.39 is 10.0 Å². The molecule has 0 radical (unpaired) electrons. The number of nitrogens with zero attached hydrogens (tertiary/aromatic N) is 4. The number of nitrogen functional groups attached to an aromatic ring is 1. The normalized spacial score (nSPS) is 11.9. The van der Waals surface area contributed by atoms with Crippen molar-refractivity contribution in [1.82, 2.24) is 24.1 Å². The van der Waals surface area contributed by atoms with E-state index in [0.29, 0.717) is 6.42 Å². The maximum absolute atomic E-state index is 12.1. The van der Waals surface area contributed by atoms with Gasteiger partial charge in [-0.3, -0.25) is 4.68 Å². The van der Waals surface area contributed by atoms with E-state index in [4.69, 9.17) is 5.73 Å². The summed E-state index contributed by atoms with van der Waals surface area (Å²) in [6.45, 7) is 0.254. The third-order valence-corrected chi connectivity index (χ3v) is 4.20. The van der Waals surface area contributed by atoms with Crippen molar-refractivity contribution in [3.05, 3.63) is 24.3 Å². The number of nitrogens with one attached hydrogen (secondary N) is 1. The predicted molar refractivity (Wildman–Crippen MR) is 69.7 cm³/mol. The molecular formula is C10H16N6O2S. The van der Waals surface area contributed by atoms with Crippen LogP contribution in [0.4, 0.5) is 5.82 Å². The van der Waals surface area contributed by atoms with Crippen LogP contribution in [-0.2, 0) is 30.5 Å². The number of aryl methyl sites for hydroxylation is 2. The zero-order valence-electron chi connectivity index (χ0n) is 10.7. The minimum atomic E-state index is -3.65. The van der Waals surface area contributed by atoms with Crippen molar-refractivity contribution in [3.8, 4) is 0 Å². The van der Waals surface area contributed by atoms with Gasteiger partial charge in [-0.2, -0.15) is 5.10 Å². The van der Waals surface area contributed by atoms with E-state index in [-0.39, 0.29) is 17.4 Å². The number of hydrogen-bond acceptors (Lipinski definition) is 5. The Balaban J connectivity index is 2.03. The number of rotatable bonds is 5. The van der Waals surface area contributed by atoms with E-state index in [1.807, 2.05) is 19.3 Å². The molecule has 19 heavy (non-hydrogen) atoms. The van der Waals surface area contributed by atoms with Gasteiger partial charge < -0.3 is 10.3 Å². The first-order valence-corrected chi connectivity index (χ1v) is 7.13. The minimum Gasteiger partial charge on any atom is -0.381 e. The van der Waals surface area contributed by atoms with Gasteiger partial charge in [0.1, 0.15) is 0 Å². The molecular weight excluding hydrogens is 268 g/mol. The van der Waals surface area contributed by atoms with Crippen LogP contribution in [0.2, 0.25) is 0 Å². The van der Waals surface area contributed by atoms with Crippen LogP contribution < -0.4 is 10.5 Å². The Labute approximate surface area is 111 Å². The summed E-state index contributed by atoms with van der Waals surface area (Å²) < 4.78 is 29.6. The van der Waals surface area contributed by atoms with Gasteiger partial charge in [0.2, 0.25) is 0 Å². The molecule has 0 saturated carbocycles. The molecule has 2 rings (SSSR count). The minimum absolute atomic E-state index is 0.00663. The summed E-state index contributed by atoms with van der Waals surface area (Å²) in [4.78, 5) is 3.76. The van der Waals surface area contributed by atoms with Crippen molar-refractivity contribution in [1.29, 1.82) is 0 Å². The molecule has 0 spiro atoms. The Bertz CT molecular complexity index is 653. The molecule has 0 aromatic carbocycles. The lowest BCUT2D eigenvalue weighted by atomic mass is 10.3. The van der Waals surface area contributed by atoms with Crippen molar-refractivity contribution in [3.63, 3.8) is 0 Å². The standard InChI is InChI=1S/C10H16N6O2S/c1-15-7-12-9(11)10(15)19(17,18)13-5-3-8-4-6-16(2)14-8/h4,6-7,13H,3,5,11H2,1-2H3. The SMILES string of the molecule is Cn1ccc(CCNS(=O)(=O)c2c(N)ncn2C)n1. The molecule has 2 aromatic heterocycles. The lowest BCUT2D eigenvalue weighted by Gasteiger charge is -2.07. The Hall–Kier alpha value is -1.87. The van der Waals surface area contributed by atoms with E-state index in [2.05, 4.69) is 14.8 Å². The summed E-state index contributed by atoms with van der Waals surface area (Å²) in [5.41, 5.74) is 6.37. The van der Waals surface area contributed by atoms with E-state index >= 15 is 0 Å². The summed E-state index contributed by atoms with van der Waals surface area (Å²) in [7, 11) is -0.261. The molecule has 104 valence electrons. The molecule has 0 amide bonds. The third kappa shape index (κ3) is 2.93. The van der Waals surface area contributed by atoms with Crippen molar-refractivity contribution in [2.45, 2.75) is 11.4 Å². The van der Waals surface area contributed by atoms with Crippen LogP contribution in [-0.4, -0.2) is 34.3 Å². The highest BCUT2D eigenvalue weighted by molar-refractivity contribution is 7.89. The summed E-state index contributed by atoms with van der Waals surface area (Å²) in [6, 6.07) is 1.84. The lowest BCUT2D eigenvalue weighted by molar-refractivity contribution is 0.571. The Morgan fingerprint density at radius 3 is 2.68 bits per heavy atom. The largest absolute Gasteiger partial charge is 0.381 e. The van der Waals surface area contributed by atoms with Gasteiger partial charge in [0.15, 0.2) is 10.8 Å². The van der Waals surface area contributed by atoms with Crippen LogP contribution >= 0.6 is 0 Å². The van der Waals surface area contributed by atoms with Crippen LogP contribution in [0.25, 0.3) is 0 Å². The average molecular weight is 284 g/mol. The van der Waals surface area contributed by atoms with Crippen LogP contribution in [0.3, 0.4) is 0 Å². The average Bonchev–Trinajstić information content (AvgIpc) is 2.86. The van der Waals surface area contributed by atoms with Gasteiger partial charge >= 0.3 is 0 Å². The second kappa shape index (κ2) is 5.02. The second-order valence-corrected chi connectivity index (χ2v) is 5.86. The van der Waals surface area contributed by atoms with Crippen molar-refractivity contribution in [2.24, 2.45) is 14.1 Å². The smallest absolute Gasteiger partial charge is 0.260 e. The molecule has 0 atom stereocenters. The monoisotopic (exact) mass is 284 g/mol. The van der Waals surface area contributed by atoms with Gasteiger partial charge in [-0.15, -0.1) is 0 Å². The summed E-state index contributed by atoms with van der Waals surface area (Å²) in [5.74, 6) is -0.00663. The molecule has 0 fully saturated rings. The fourth-order valence-electron chi connectivity index (χ4n) is 1.74. The van der Waals surface area contributed by atoms with E-state index in [9.17, 15) is 8.42 Å². The van der Waals surface area contributed by atoms with Gasteiger partial charge in [0, 0.05) is 33.3 Å². The van der Waals surface area contributed by atoms with E-state index in [1.54, 1.807) is 11.7 Å². The van der Waals surface area contributed by atoms with Crippen LogP contribution in [0.15, 0.2) is 23.6 Å². The number of hydrogen-bond donors (Lipinski definition) is 2. The van der Waals surface area contributed by atoms with Crippen molar-refractivity contribution >= 4 is 15.8 Å². The zero-order chi connectivity index (χ0) is 14.0. The Morgan fingerprint density at radius 1 is 1.42 bits per heavy atom. The first-order valence-electron chi connectivity index (χ1n) is 5.65. The highest BCUT2D eigenvalue weighted by Gasteiger charge is 2.21. The van der Waals surface area contributed by atoms with Crippen molar-refractivity contribution < 1.29 is 8.42 Å². The summed E-state index contributed by atoms with van der Waals surface area (Å²) in [5, 5.41) is 4.15. The number of sulfonamides is 1. The van der Waals surface area contributed by atoms with Gasteiger partial charge in [0.25, 0.3) is 10.0 Å². The maximum Gasteiger partial charge on any atom is 0.260 e. The first-order chi connectivity index (χ1) is 8.90. The topological polar surface area (TPSA) is 108 Å². The molecule has 0 aliphatic heterocycles. The Kier molecular flexibility index (Phi) is 3.58. The summed E-state index contributed by atoms with van der Waals surface area (Å²) in [6.07, 6.45) is 3.68. The van der Waals surface area contributed by atoms with Gasteiger partial charge in [-0.1, -0.05) is 0 Å². The molecule has 0 unspecified atom stereocenters. The number of anilines is 1. The summed E-state index contributed by atoms with van der Waals surface area (Å²) >= 11 is 0. The predicted octanol–water partition coefficient (Wildman–Crippen LogP) is -0.743. The quantitative estimate of drug-likeness (QED) is 0.751.